The monoisotopic (exact) mass is 209 g/mol. The Morgan fingerprint density at radius 1 is 1.60 bits per heavy atom. The molecule has 0 aliphatic rings. The van der Waals surface area contributed by atoms with Crippen LogP contribution in [0.4, 0.5) is 0 Å². The second kappa shape index (κ2) is 4.98. The van der Waals surface area contributed by atoms with Crippen LogP contribution in [-0.2, 0) is 18.4 Å². The summed E-state index contributed by atoms with van der Waals surface area (Å²) in [6.45, 7) is 4.24. The Labute approximate surface area is 90.5 Å². The van der Waals surface area contributed by atoms with Crippen molar-refractivity contribution in [1.29, 1.82) is 0 Å². The number of aromatic nitrogens is 1. The fourth-order valence-electron chi connectivity index (χ4n) is 1.25. The van der Waals surface area contributed by atoms with Gasteiger partial charge in [0.25, 0.3) is 0 Å². The van der Waals surface area contributed by atoms with E-state index in [1.165, 1.54) is 0 Å². The smallest absolute Gasteiger partial charge is 0.224 e. The Morgan fingerprint density at radius 2 is 2.27 bits per heavy atom. The molecule has 84 valence electrons. The quantitative estimate of drug-likeness (QED) is 0.764. The molecule has 0 aromatic carbocycles. The Balaban J connectivity index is 2.40. The topological polar surface area (TPSA) is 60.1 Å². The first-order valence-corrected chi connectivity index (χ1v) is 5.15. The number of nitrogens with one attached hydrogen (secondary N) is 1. The lowest BCUT2D eigenvalue weighted by Gasteiger charge is -2.14. The summed E-state index contributed by atoms with van der Waals surface area (Å²) in [5.41, 5.74) is 6.74. The van der Waals surface area contributed by atoms with E-state index in [0.29, 0.717) is 6.54 Å². The molecule has 0 radical (unpaired) electrons. The van der Waals surface area contributed by atoms with Crippen LogP contribution in [0.15, 0.2) is 18.5 Å². The maximum Gasteiger partial charge on any atom is 0.224 e. The molecule has 15 heavy (non-hydrogen) atoms. The minimum atomic E-state index is -0.145. The van der Waals surface area contributed by atoms with Crippen molar-refractivity contribution in [1.82, 2.24) is 9.88 Å². The van der Waals surface area contributed by atoms with Crippen LogP contribution in [0.3, 0.4) is 0 Å². The van der Waals surface area contributed by atoms with Crippen molar-refractivity contribution in [3.63, 3.8) is 0 Å². The highest BCUT2D eigenvalue weighted by molar-refractivity contribution is 5.78. The van der Waals surface area contributed by atoms with E-state index in [-0.39, 0.29) is 17.9 Å². The van der Waals surface area contributed by atoms with Gasteiger partial charge in [-0.2, -0.15) is 0 Å². The van der Waals surface area contributed by atoms with Crippen LogP contribution in [0.2, 0.25) is 0 Å². The zero-order valence-corrected chi connectivity index (χ0v) is 9.53. The number of hydrogen-bond acceptors (Lipinski definition) is 2. The highest BCUT2D eigenvalue weighted by atomic mass is 16.1. The Kier molecular flexibility index (Phi) is 3.91. The lowest BCUT2D eigenvalue weighted by molar-refractivity contribution is -0.125. The van der Waals surface area contributed by atoms with E-state index in [1.54, 1.807) is 0 Å². The van der Waals surface area contributed by atoms with Gasteiger partial charge in [-0.3, -0.25) is 4.79 Å². The molecule has 0 aliphatic carbocycles. The number of nitrogens with zero attached hydrogens (tertiary/aromatic N) is 1. The molecule has 1 aromatic rings. The van der Waals surface area contributed by atoms with Crippen molar-refractivity contribution in [2.45, 2.75) is 26.4 Å². The number of carbonyl (C=O) groups excluding carboxylic acids is 1. The van der Waals surface area contributed by atoms with Crippen LogP contribution in [0.5, 0.6) is 0 Å². The fourth-order valence-corrected chi connectivity index (χ4v) is 1.25. The van der Waals surface area contributed by atoms with E-state index < -0.39 is 0 Å². The summed E-state index contributed by atoms with van der Waals surface area (Å²) in [6, 6.07) is 1.87. The van der Waals surface area contributed by atoms with Crippen molar-refractivity contribution in [3.05, 3.63) is 24.0 Å². The van der Waals surface area contributed by atoms with Gasteiger partial charge in [-0.1, -0.05) is 6.92 Å². The van der Waals surface area contributed by atoms with Gasteiger partial charge in [0.15, 0.2) is 0 Å². The van der Waals surface area contributed by atoms with Crippen LogP contribution in [0.1, 0.15) is 19.4 Å². The summed E-state index contributed by atoms with van der Waals surface area (Å²) in [4.78, 5) is 11.6. The zero-order chi connectivity index (χ0) is 11.4. The molecule has 4 heteroatoms. The molecule has 0 bridgehead atoms. The molecule has 1 amide bonds. The normalized spacial score (nSPS) is 14.7. The Bertz CT molecular complexity index is 330. The summed E-state index contributed by atoms with van der Waals surface area (Å²) in [5, 5.41) is 2.86. The third-order valence-electron chi connectivity index (χ3n) is 2.56. The van der Waals surface area contributed by atoms with E-state index in [0.717, 1.165) is 5.56 Å². The maximum absolute atomic E-state index is 11.6. The number of rotatable bonds is 4. The van der Waals surface area contributed by atoms with E-state index in [1.807, 2.05) is 43.9 Å². The predicted octanol–water partition coefficient (Wildman–Crippen LogP) is 0.625. The predicted molar refractivity (Wildman–Crippen MR) is 60.1 cm³/mol. The first-order chi connectivity index (χ1) is 7.00. The summed E-state index contributed by atoms with van der Waals surface area (Å²) in [6.07, 6.45) is 3.94. The van der Waals surface area contributed by atoms with Gasteiger partial charge < -0.3 is 15.6 Å². The highest BCUT2D eigenvalue weighted by Gasteiger charge is 2.16. The average Bonchev–Trinajstić information content (AvgIpc) is 2.59. The van der Waals surface area contributed by atoms with Gasteiger partial charge in [0.1, 0.15) is 0 Å². The maximum atomic E-state index is 11.6. The van der Waals surface area contributed by atoms with Crippen molar-refractivity contribution in [2.24, 2.45) is 18.7 Å². The van der Waals surface area contributed by atoms with Crippen LogP contribution in [-0.4, -0.2) is 16.5 Å². The third-order valence-corrected chi connectivity index (χ3v) is 2.56. The Hall–Kier alpha value is -1.29. The molecule has 4 nitrogen and oxygen atoms in total. The van der Waals surface area contributed by atoms with Crippen molar-refractivity contribution in [3.8, 4) is 0 Å². The van der Waals surface area contributed by atoms with Crippen LogP contribution in [0.25, 0.3) is 0 Å². The molecule has 1 aromatic heterocycles. The SMILES string of the molecule is CC(N)C(C)C(=O)NCc1ccn(C)c1. The number of hydrogen-bond donors (Lipinski definition) is 2. The number of aryl methyl sites for hydroxylation is 1. The molecule has 0 aliphatic heterocycles. The third kappa shape index (κ3) is 3.40. The summed E-state index contributed by atoms with van der Waals surface area (Å²) < 4.78 is 1.95. The Morgan fingerprint density at radius 3 is 2.73 bits per heavy atom. The van der Waals surface area contributed by atoms with Crippen molar-refractivity contribution < 1.29 is 4.79 Å². The molecule has 0 spiro atoms. The minimum Gasteiger partial charge on any atom is -0.357 e. The first-order valence-electron chi connectivity index (χ1n) is 5.15. The largest absolute Gasteiger partial charge is 0.357 e. The van der Waals surface area contributed by atoms with Gasteiger partial charge >= 0.3 is 0 Å². The molecule has 2 atom stereocenters. The zero-order valence-electron chi connectivity index (χ0n) is 9.53. The lowest BCUT2D eigenvalue weighted by Crippen LogP contribution is -2.38. The van der Waals surface area contributed by atoms with E-state index in [9.17, 15) is 4.79 Å². The first kappa shape index (κ1) is 11.8. The standard InChI is InChI=1S/C11H19N3O/c1-8(9(2)12)11(15)13-6-10-4-5-14(3)7-10/h4-5,7-9H,6,12H2,1-3H3,(H,13,15). The molecule has 1 heterocycles. The van der Waals surface area contributed by atoms with E-state index in [2.05, 4.69) is 5.32 Å². The number of carbonyl (C=O) groups is 1. The minimum absolute atomic E-state index is 0.00820. The highest BCUT2D eigenvalue weighted by Crippen LogP contribution is 2.02. The molecular formula is C11H19N3O. The van der Waals surface area contributed by atoms with Crippen LogP contribution in [0, 0.1) is 5.92 Å². The van der Waals surface area contributed by atoms with E-state index in [4.69, 9.17) is 5.73 Å². The van der Waals surface area contributed by atoms with Crippen molar-refractivity contribution in [2.75, 3.05) is 0 Å². The van der Waals surface area contributed by atoms with Gasteiger partial charge in [-0.05, 0) is 18.6 Å². The van der Waals surface area contributed by atoms with Gasteiger partial charge in [-0.25, -0.2) is 0 Å². The summed E-state index contributed by atoms with van der Waals surface area (Å²) in [5.74, 6) is -0.137. The van der Waals surface area contributed by atoms with Gasteiger partial charge in [-0.15, -0.1) is 0 Å². The molecule has 1 rings (SSSR count). The van der Waals surface area contributed by atoms with Crippen LogP contribution >= 0.6 is 0 Å². The lowest BCUT2D eigenvalue weighted by atomic mass is 10.0. The molecule has 0 saturated carbocycles. The second-order valence-corrected chi connectivity index (χ2v) is 4.05. The van der Waals surface area contributed by atoms with Gasteiger partial charge in [0.05, 0.1) is 0 Å². The number of nitrogens with two attached hydrogens (primary N) is 1. The van der Waals surface area contributed by atoms with Gasteiger partial charge in [0, 0.05) is 37.9 Å². The second-order valence-electron chi connectivity index (χ2n) is 4.05. The number of amides is 1. The molecule has 0 saturated heterocycles. The summed E-state index contributed by atoms with van der Waals surface area (Å²) >= 11 is 0. The molecule has 3 N–H and O–H groups in total. The fraction of sp³-hybridized carbons (Fsp3) is 0.545. The van der Waals surface area contributed by atoms with Gasteiger partial charge in [0.2, 0.25) is 5.91 Å². The summed E-state index contributed by atoms with van der Waals surface area (Å²) in [7, 11) is 1.95. The molecule has 2 unspecified atom stereocenters. The molecular weight excluding hydrogens is 190 g/mol. The molecule has 0 fully saturated rings. The van der Waals surface area contributed by atoms with E-state index >= 15 is 0 Å². The van der Waals surface area contributed by atoms with Crippen LogP contribution < -0.4 is 11.1 Å². The average molecular weight is 209 g/mol. The van der Waals surface area contributed by atoms with Crippen molar-refractivity contribution >= 4 is 5.91 Å².